The monoisotopic (exact) mass is 590 g/mol. The molecule has 2 aromatic rings. The van der Waals surface area contributed by atoms with E-state index in [2.05, 4.69) is 9.97 Å². The van der Waals surface area contributed by atoms with Crippen molar-refractivity contribution in [3.63, 3.8) is 0 Å². The summed E-state index contributed by atoms with van der Waals surface area (Å²) in [5.41, 5.74) is 1.84. The quantitative estimate of drug-likeness (QED) is 0.187. The molecule has 42 heavy (non-hydrogen) atoms. The number of nitrogens with one attached hydrogen (secondary N) is 2. The number of esters is 5. The van der Waals surface area contributed by atoms with Gasteiger partial charge in [-0.2, -0.15) is 0 Å². The lowest BCUT2D eigenvalue weighted by Crippen LogP contribution is -2.25. The average Bonchev–Trinajstić information content (AvgIpc) is 3.45. The van der Waals surface area contributed by atoms with E-state index in [1.165, 1.54) is 28.4 Å². The number of H-pyrrole nitrogens is 2. The molecule has 0 unspecified atom stereocenters. The highest BCUT2D eigenvalue weighted by Crippen LogP contribution is 2.29. The molecule has 13 nitrogen and oxygen atoms in total. The van der Waals surface area contributed by atoms with Crippen molar-refractivity contribution in [2.75, 3.05) is 28.4 Å². The van der Waals surface area contributed by atoms with Crippen LogP contribution in [-0.2, 0) is 75.0 Å². The van der Waals surface area contributed by atoms with Crippen molar-refractivity contribution in [3.8, 4) is 0 Å². The molecule has 0 radical (unpaired) electrons. The molecule has 0 aliphatic heterocycles. The van der Waals surface area contributed by atoms with E-state index in [-0.39, 0.29) is 61.9 Å². The van der Waals surface area contributed by atoms with Gasteiger partial charge in [0.1, 0.15) is 11.3 Å². The number of hydrogen-bond donors (Lipinski definition) is 2. The van der Waals surface area contributed by atoms with Crippen LogP contribution in [0.3, 0.4) is 0 Å². The Morgan fingerprint density at radius 3 is 1.62 bits per heavy atom. The maximum absolute atomic E-state index is 13.2. The highest BCUT2D eigenvalue weighted by atomic mass is 16.6. The predicted octanol–water partition coefficient (Wildman–Crippen LogP) is 2.34. The van der Waals surface area contributed by atoms with Crippen LogP contribution in [0.25, 0.3) is 0 Å². The second-order valence-corrected chi connectivity index (χ2v) is 10.4. The van der Waals surface area contributed by atoms with E-state index in [1.807, 2.05) is 0 Å². The van der Waals surface area contributed by atoms with E-state index in [4.69, 9.17) is 23.7 Å². The second kappa shape index (κ2) is 15.0. The average molecular weight is 591 g/mol. The van der Waals surface area contributed by atoms with Crippen molar-refractivity contribution in [2.24, 2.45) is 0 Å². The summed E-state index contributed by atoms with van der Waals surface area (Å²) in [5, 5.41) is 0. The largest absolute Gasteiger partial charge is 0.469 e. The van der Waals surface area contributed by atoms with Crippen LogP contribution in [0.4, 0.5) is 0 Å². The highest BCUT2D eigenvalue weighted by molar-refractivity contribution is 5.92. The first kappa shape index (κ1) is 33.8. The molecule has 2 aromatic heterocycles. The molecule has 230 valence electrons. The van der Waals surface area contributed by atoms with Gasteiger partial charge in [-0.15, -0.1) is 0 Å². The first-order valence-electron chi connectivity index (χ1n) is 13.2. The zero-order chi connectivity index (χ0) is 31.6. The SMILES string of the molecule is COC(=O)CCc1c(C=O)[nH]c(Cc2[nH]c(C(=O)OC(C)(C)C)c(CC(=O)OC)c2CCC(=O)OC)c1CC(=O)OC. The summed E-state index contributed by atoms with van der Waals surface area (Å²) >= 11 is 0. The molecule has 0 aromatic carbocycles. The van der Waals surface area contributed by atoms with E-state index in [1.54, 1.807) is 20.8 Å². The lowest BCUT2D eigenvalue weighted by Gasteiger charge is -2.19. The number of carbonyl (C=O) groups excluding carboxylic acids is 6. The van der Waals surface area contributed by atoms with E-state index >= 15 is 0 Å². The molecule has 0 saturated heterocycles. The number of ether oxygens (including phenoxy) is 5. The van der Waals surface area contributed by atoms with Gasteiger partial charge in [-0.1, -0.05) is 0 Å². The van der Waals surface area contributed by atoms with E-state index in [9.17, 15) is 28.8 Å². The third kappa shape index (κ3) is 9.05. The first-order valence-corrected chi connectivity index (χ1v) is 13.2. The van der Waals surface area contributed by atoms with Crippen molar-refractivity contribution in [1.29, 1.82) is 0 Å². The van der Waals surface area contributed by atoms with Gasteiger partial charge in [-0.25, -0.2) is 4.79 Å². The lowest BCUT2D eigenvalue weighted by molar-refractivity contribution is -0.141. The van der Waals surface area contributed by atoms with Crippen molar-refractivity contribution in [3.05, 3.63) is 45.0 Å². The topological polar surface area (TPSA) is 180 Å². The molecule has 0 fully saturated rings. The molecular formula is C29H38N2O11. The molecule has 0 amide bonds. The number of aromatic nitrogens is 2. The third-order valence-electron chi connectivity index (χ3n) is 6.43. The van der Waals surface area contributed by atoms with Crippen LogP contribution in [0.5, 0.6) is 0 Å². The van der Waals surface area contributed by atoms with Gasteiger partial charge in [0.15, 0.2) is 6.29 Å². The Morgan fingerprint density at radius 1 is 0.667 bits per heavy atom. The molecule has 13 heteroatoms. The maximum atomic E-state index is 13.2. The molecule has 0 aliphatic rings. The van der Waals surface area contributed by atoms with Gasteiger partial charge in [-0.05, 0) is 55.9 Å². The fourth-order valence-corrected chi connectivity index (χ4v) is 4.46. The van der Waals surface area contributed by atoms with E-state index in [0.717, 1.165) is 0 Å². The van der Waals surface area contributed by atoms with Crippen LogP contribution in [0, 0.1) is 0 Å². The third-order valence-corrected chi connectivity index (χ3v) is 6.43. The van der Waals surface area contributed by atoms with Gasteiger partial charge in [0.25, 0.3) is 0 Å². The first-order chi connectivity index (χ1) is 19.8. The smallest absolute Gasteiger partial charge is 0.355 e. The minimum Gasteiger partial charge on any atom is -0.469 e. The molecular weight excluding hydrogens is 552 g/mol. The van der Waals surface area contributed by atoms with E-state index in [0.29, 0.717) is 34.4 Å². The summed E-state index contributed by atoms with van der Waals surface area (Å²) in [5.74, 6) is -2.93. The second-order valence-electron chi connectivity index (χ2n) is 10.4. The van der Waals surface area contributed by atoms with Crippen LogP contribution in [0.2, 0.25) is 0 Å². The van der Waals surface area contributed by atoms with Crippen molar-refractivity contribution in [2.45, 2.75) is 71.3 Å². The van der Waals surface area contributed by atoms with Crippen molar-refractivity contribution in [1.82, 2.24) is 9.97 Å². The summed E-state index contributed by atoms with van der Waals surface area (Å²) in [4.78, 5) is 80.0. The minimum absolute atomic E-state index is 0.00721. The molecule has 2 rings (SSSR count). The number of hydrogen-bond acceptors (Lipinski definition) is 11. The molecule has 2 heterocycles. The van der Waals surface area contributed by atoms with Crippen LogP contribution < -0.4 is 0 Å². The summed E-state index contributed by atoms with van der Waals surface area (Å²) in [7, 11) is 4.93. The van der Waals surface area contributed by atoms with Crippen molar-refractivity contribution < 1.29 is 52.5 Å². The lowest BCUT2D eigenvalue weighted by atomic mass is 9.96. The molecule has 0 aliphatic carbocycles. The van der Waals surface area contributed by atoms with Crippen LogP contribution in [0.15, 0.2) is 0 Å². The molecule has 0 bridgehead atoms. The summed E-state index contributed by atoms with van der Waals surface area (Å²) in [6.07, 6.45) is 0.212. The predicted molar refractivity (Wildman–Crippen MR) is 147 cm³/mol. The zero-order valence-electron chi connectivity index (χ0n) is 25.0. The maximum Gasteiger partial charge on any atom is 0.355 e. The van der Waals surface area contributed by atoms with Gasteiger partial charge < -0.3 is 33.7 Å². The van der Waals surface area contributed by atoms with Gasteiger partial charge >= 0.3 is 29.8 Å². The van der Waals surface area contributed by atoms with Crippen LogP contribution in [-0.4, -0.2) is 80.1 Å². The molecule has 0 atom stereocenters. The number of methoxy groups -OCH3 is 4. The van der Waals surface area contributed by atoms with Gasteiger partial charge in [0.2, 0.25) is 0 Å². The Morgan fingerprint density at radius 2 is 1.14 bits per heavy atom. The van der Waals surface area contributed by atoms with Gasteiger partial charge in [-0.3, -0.25) is 24.0 Å². The fraction of sp³-hybridized carbons (Fsp3) is 0.517. The van der Waals surface area contributed by atoms with Crippen LogP contribution >= 0.6 is 0 Å². The standard InChI is InChI=1S/C29H38N2O11/c1-29(2,3)42-28(37)27-19(13-26(36)41-7)17(9-11-24(34)39-5)20(31-27)14-21-18(12-25(35)40-6)16(22(15-32)30-21)8-10-23(33)38-4/h15,30-31H,8-14H2,1-7H3. The number of aldehydes is 1. The van der Waals surface area contributed by atoms with E-state index < -0.39 is 35.4 Å². The fourth-order valence-electron chi connectivity index (χ4n) is 4.46. The number of carbonyl (C=O) groups is 6. The number of aromatic amines is 2. The van der Waals surface area contributed by atoms with Gasteiger partial charge in [0, 0.05) is 30.7 Å². The highest BCUT2D eigenvalue weighted by Gasteiger charge is 2.29. The molecule has 0 saturated carbocycles. The number of rotatable bonds is 14. The zero-order valence-corrected chi connectivity index (χ0v) is 25.0. The Labute approximate surface area is 243 Å². The Kier molecular flexibility index (Phi) is 12.1. The Bertz CT molecular complexity index is 1330. The Balaban J connectivity index is 2.75. The molecule has 0 spiro atoms. The van der Waals surface area contributed by atoms with Gasteiger partial charge in [0.05, 0.1) is 47.0 Å². The summed E-state index contributed by atoms with van der Waals surface area (Å²) in [6.45, 7) is 5.09. The summed E-state index contributed by atoms with van der Waals surface area (Å²) in [6, 6.07) is 0. The van der Waals surface area contributed by atoms with Crippen LogP contribution in [0.1, 0.15) is 88.2 Å². The minimum atomic E-state index is -0.850. The molecule has 2 N–H and O–H groups in total. The normalized spacial score (nSPS) is 11.0. The van der Waals surface area contributed by atoms with Crippen molar-refractivity contribution >= 4 is 36.1 Å². The Hall–Kier alpha value is -4.42. The summed E-state index contributed by atoms with van der Waals surface area (Å²) < 4.78 is 24.8.